The SMILES string of the molecule is COc1ccc([C@H](OC)[C@H]2COC(=O)N2)cc1OC. The van der Waals surface area contributed by atoms with Gasteiger partial charge in [0.15, 0.2) is 11.5 Å². The van der Waals surface area contributed by atoms with E-state index < -0.39 is 6.09 Å². The fraction of sp³-hybridized carbons (Fsp3) is 0.462. The maximum Gasteiger partial charge on any atom is 0.407 e. The Morgan fingerprint density at radius 1 is 1.26 bits per heavy atom. The van der Waals surface area contributed by atoms with Crippen LogP contribution in [0.25, 0.3) is 0 Å². The number of nitrogens with one attached hydrogen (secondary N) is 1. The van der Waals surface area contributed by atoms with Crippen LogP contribution in [0.4, 0.5) is 4.79 Å². The molecule has 1 amide bonds. The van der Waals surface area contributed by atoms with E-state index in [-0.39, 0.29) is 18.8 Å². The maximum absolute atomic E-state index is 11.1. The minimum atomic E-state index is -0.424. The van der Waals surface area contributed by atoms with Gasteiger partial charge in [0.1, 0.15) is 12.7 Å². The van der Waals surface area contributed by atoms with Crippen LogP contribution in [0.5, 0.6) is 11.5 Å². The number of alkyl carbamates (subject to hydrolysis) is 1. The van der Waals surface area contributed by atoms with Crippen molar-refractivity contribution in [3.8, 4) is 11.5 Å². The van der Waals surface area contributed by atoms with Crippen LogP contribution in [0, 0.1) is 0 Å². The van der Waals surface area contributed by atoms with Crippen LogP contribution in [0.3, 0.4) is 0 Å². The van der Waals surface area contributed by atoms with E-state index in [1.54, 1.807) is 27.4 Å². The Kier molecular flexibility index (Phi) is 4.11. The summed E-state index contributed by atoms with van der Waals surface area (Å²) in [5.74, 6) is 1.26. The summed E-state index contributed by atoms with van der Waals surface area (Å²) in [6.45, 7) is 0.283. The molecule has 1 heterocycles. The Morgan fingerprint density at radius 2 is 2.00 bits per heavy atom. The molecule has 1 aliphatic rings. The number of hydrogen-bond acceptors (Lipinski definition) is 5. The molecule has 2 atom stereocenters. The van der Waals surface area contributed by atoms with Gasteiger partial charge in [0, 0.05) is 7.11 Å². The summed E-state index contributed by atoms with van der Waals surface area (Å²) < 4.78 is 20.8. The summed E-state index contributed by atoms with van der Waals surface area (Å²) in [6, 6.07) is 5.30. The van der Waals surface area contributed by atoms with E-state index in [0.29, 0.717) is 11.5 Å². The molecule has 0 saturated carbocycles. The Balaban J connectivity index is 2.25. The van der Waals surface area contributed by atoms with Crippen LogP contribution in [0.1, 0.15) is 11.7 Å². The number of carbonyl (C=O) groups excluding carboxylic acids is 1. The van der Waals surface area contributed by atoms with Gasteiger partial charge in [0.25, 0.3) is 0 Å². The molecule has 1 fully saturated rings. The van der Waals surface area contributed by atoms with E-state index in [4.69, 9.17) is 18.9 Å². The molecule has 1 aromatic carbocycles. The van der Waals surface area contributed by atoms with E-state index in [2.05, 4.69) is 5.32 Å². The predicted molar refractivity (Wildman–Crippen MR) is 67.6 cm³/mol. The third kappa shape index (κ3) is 2.73. The normalized spacial score (nSPS) is 19.5. The lowest BCUT2D eigenvalue weighted by atomic mass is 10.0. The first-order valence-electron chi connectivity index (χ1n) is 5.87. The largest absolute Gasteiger partial charge is 0.493 e. The Morgan fingerprint density at radius 3 is 2.53 bits per heavy atom. The molecule has 1 aliphatic heterocycles. The third-order valence-electron chi connectivity index (χ3n) is 3.05. The van der Waals surface area contributed by atoms with Crippen molar-refractivity contribution in [2.24, 2.45) is 0 Å². The molecule has 2 rings (SSSR count). The van der Waals surface area contributed by atoms with E-state index in [1.807, 2.05) is 12.1 Å². The molecular formula is C13H17NO5. The molecule has 6 nitrogen and oxygen atoms in total. The van der Waals surface area contributed by atoms with Gasteiger partial charge in [-0.1, -0.05) is 6.07 Å². The van der Waals surface area contributed by atoms with Crippen LogP contribution >= 0.6 is 0 Å². The van der Waals surface area contributed by atoms with Gasteiger partial charge in [-0.2, -0.15) is 0 Å². The zero-order valence-corrected chi connectivity index (χ0v) is 11.1. The highest BCUT2D eigenvalue weighted by Crippen LogP contribution is 2.32. The van der Waals surface area contributed by atoms with Gasteiger partial charge < -0.3 is 24.3 Å². The molecule has 0 spiro atoms. The molecule has 104 valence electrons. The van der Waals surface area contributed by atoms with Gasteiger partial charge in [-0.05, 0) is 17.7 Å². The monoisotopic (exact) mass is 267 g/mol. The van der Waals surface area contributed by atoms with Crippen molar-refractivity contribution in [3.05, 3.63) is 23.8 Å². The highest BCUT2D eigenvalue weighted by molar-refractivity contribution is 5.69. The third-order valence-corrected chi connectivity index (χ3v) is 3.05. The molecule has 6 heteroatoms. The van der Waals surface area contributed by atoms with Crippen molar-refractivity contribution in [3.63, 3.8) is 0 Å². The highest BCUT2D eigenvalue weighted by atomic mass is 16.6. The van der Waals surface area contributed by atoms with Gasteiger partial charge in [-0.3, -0.25) is 0 Å². The summed E-state index contributed by atoms with van der Waals surface area (Å²) in [4.78, 5) is 11.1. The van der Waals surface area contributed by atoms with Crippen LogP contribution in [-0.2, 0) is 9.47 Å². The smallest absolute Gasteiger partial charge is 0.407 e. The molecule has 1 N–H and O–H groups in total. The molecule has 19 heavy (non-hydrogen) atoms. The minimum Gasteiger partial charge on any atom is -0.493 e. The Labute approximate surface area is 111 Å². The summed E-state index contributed by atoms with van der Waals surface area (Å²) in [6.07, 6.45) is -0.723. The number of hydrogen-bond donors (Lipinski definition) is 1. The number of methoxy groups -OCH3 is 3. The molecule has 0 aliphatic carbocycles. The van der Waals surface area contributed by atoms with Crippen molar-refractivity contribution in [2.45, 2.75) is 12.1 Å². The average molecular weight is 267 g/mol. The van der Waals surface area contributed by atoms with Crippen LogP contribution in [-0.4, -0.2) is 40.1 Å². The molecule has 1 saturated heterocycles. The van der Waals surface area contributed by atoms with E-state index in [1.165, 1.54) is 0 Å². The van der Waals surface area contributed by atoms with Gasteiger partial charge in [0.05, 0.1) is 20.3 Å². The zero-order valence-electron chi connectivity index (χ0n) is 11.1. The van der Waals surface area contributed by atoms with Gasteiger partial charge >= 0.3 is 6.09 Å². The number of amides is 1. The Hall–Kier alpha value is -1.95. The zero-order chi connectivity index (χ0) is 13.8. The van der Waals surface area contributed by atoms with Crippen molar-refractivity contribution >= 4 is 6.09 Å². The summed E-state index contributed by atoms with van der Waals surface area (Å²) in [5.41, 5.74) is 0.885. The second-order valence-corrected chi connectivity index (χ2v) is 4.12. The lowest BCUT2D eigenvalue weighted by Crippen LogP contribution is -2.33. The number of benzene rings is 1. The highest BCUT2D eigenvalue weighted by Gasteiger charge is 2.31. The number of carbonyl (C=O) groups is 1. The van der Waals surface area contributed by atoms with Gasteiger partial charge in [0.2, 0.25) is 0 Å². The van der Waals surface area contributed by atoms with Crippen LogP contribution < -0.4 is 14.8 Å². The molecular weight excluding hydrogens is 250 g/mol. The van der Waals surface area contributed by atoms with E-state index >= 15 is 0 Å². The predicted octanol–water partition coefficient (Wildman–Crippen LogP) is 1.50. The minimum absolute atomic E-state index is 0.212. The lowest BCUT2D eigenvalue weighted by molar-refractivity contribution is 0.0690. The van der Waals surface area contributed by atoms with Gasteiger partial charge in [-0.25, -0.2) is 4.79 Å². The Bertz CT molecular complexity index is 462. The van der Waals surface area contributed by atoms with Crippen LogP contribution in [0.2, 0.25) is 0 Å². The quantitative estimate of drug-likeness (QED) is 0.875. The van der Waals surface area contributed by atoms with Crippen LogP contribution in [0.15, 0.2) is 18.2 Å². The number of rotatable bonds is 5. The molecule has 0 radical (unpaired) electrons. The molecule has 0 bridgehead atoms. The molecule has 0 aromatic heterocycles. The fourth-order valence-corrected chi connectivity index (χ4v) is 2.13. The number of ether oxygens (including phenoxy) is 4. The topological polar surface area (TPSA) is 66.0 Å². The maximum atomic E-state index is 11.1. The van der Waals surface area contributed by atoms with Crippen molar-refractivity contribution in [2.75, 3.05) is 27.9 Å². The molecule has 0 unspecified atom stereocenters. The average Bonchev–Trinajstić information content (AvgIpc) is 2.86. The fourth-order valence-electron chi connectivity index (χ4n) is 2.13. The second kappa shape index (κ2) is 5.79. The summed E-state index contributed by atoms with van der Waals surface area (Å²) in [5, 5.41) is 2.71. The molecule has 1 aromatic rings. The van der Waals surface area contributed by atoms with Crippen molar-refractivity contribution in [1.29, 1.82) is 0 Å². The van der Waals surface area contributed by atoms with Gasteiger partial charge in [-0.15, -0.1) is 0 Å². The van der Waals surface area contributed by atoms with E-state index in [0.717, 1.165) is 5.56 Å². The first-order valence-corrected chi connectivity index (χ1v) is 5.87. The summed E-state index contributed by atoms with van der Waals surface area (Å²) in [7, 11) is 4.74. The summed E-state index contributed by atoms with van der Waals surface area (Å²) >= 11 is 0. The second-order valence-electron chi connectivity index (χ2n) is 4.12. The number of cyclic esters (lactones) is 1. The first kappa shape index (κ1) is 13.5. The standard InChI is InChI=1S/C13H17NO5/c1-16-10-5-4-8(6-11(10)17-2)12(18-3)9-7-19-13(15)14-9/h4-6,9,12H,7H2,1-3H3,(H,14,15)/t9-,12+/m1/s1. The lowest BCUT2D eigenvalue weighted by Gasteiger charge is -2.21. The first-order chi connectivity index (χ1) is 9.19. The van der Waals surface area contributed by atoms with Crippen molar-refractivity contribution < 1.29 is 23.7 Å². The van der Waals surface area contributed by atoms with Crippen molar-refractivity contribution in [1.82, 2.24) is 5.32 Å². The van der Waals surface area contributed by atoms with E-state index in [9.17, 15) is 4.79 Å².